The van der Waals surface area contributed by atoms with Crippen molar-refractivity contribution in [2.75, 3.05) is 20.3 Å². The Morgan fingerprint density at radius 1 is 1.19 bits per heavy atom. The highest BCUT2D eigenvalue weighted by molar-refractivity contribution is 6.10. The highest BCUT2D eigenvalue weighted by Crippen LogP contribution is 2.29. The van der Waals surface area contributed by atoms with E-state index in [1.807, 2.05) is 37.3 Å². The lowest BCUT2D eigenvalue weighted by atomic mass is 10.0. The first kappa shape index (κ1) is 20.9. The fraction of sp³-hybridized carbons (Fsp3) is 0.526. The van der Waals surface area contributed by atoms with Crippen LogP contribution in [0.5, 0.6) is 0 Å². The van der Waals surface area contributed by atoms with E-state index in [0.717, 1.165) is 5.56 Å². The first-order chi connectivity index (χ1) is 13.0. The zero-order valence-electron chi connectivity index (χ0n) is 15.8. The fourth-order valence-corrected chi connectivity index (χ4v) is 2.58. The van der Waals surface area contributed by atoms with Gasteiger partial charge in [-0.3, -0.25) is 9.59 Å². The Morgan fingerprint density at radius 3 is 2.37 bits per heavy atom. The molecule has 1 aliphatic rings. The van der Waals surface area contributed by atoms with Crippen molar-refractivity contribution in [3.8, 4) is 0 Å². The standard InChI is InChI=1S/C19H26N2O6/c1-4-15(25-3)21-16(22)14(11-13-9-7-6-8-10-13)20-17(23)19(12-27-19)18(24)26-5-2/h6-10,14-15H,4-5,11-12H2,1-3H3,(H,20,23)(H,21,22)/t14-,15?,19-/m0/s1. The van der Waals surface area contributed by atoms with Crippen molar-refractivity contribution in [2.45, 2.75) is 44.6 Å². The van der Waals surface area contributed by atoms with Gasteiger partial charge in [0.15, 0.2) is 0 Å². The van der Waals surface area contributed by atoms with Gasteiger partial charge in [-0.25, -0.2) is 4.79 Å². The molecule has 0 radical (unpaired) electrons. The smallest absolute Gasteiger partial charge is 0.350 e. The van der Waals surface area contributed by atoms with Crippen LogP contribution in [0, 0.1) is 0 Å². The summed E-state index contributed by atoms with van der Waals surface area (Å²) in [5.74, 6) is -1.83. The van der Waals surface area contributed by atoms with Crippen molar-refractivity contribution in [3.05, 3.63) is 35.9 Å². The van der Waals surface area contributed by atoms with Crippen molar-refractivity contribution < 1.29 is 28.6 Å². The lowest BCUT2D eigenvalue weighted by Crippen LogP contribution is -2.55. The van der Waals surface area contributed by atoms with Gasteiger partial charge in [0.25, 0.3) is 11.5 Å². The Bertz CT molecular complexity index is 655. The first-order valence-corrected chi connectivity index (χ1v) is 8.96. The molecule has 0 bridgehead atoms. The molecule has 1 saturated heterocycles. The molecule has 2 rings (SSSR count). The molecular formula is C19H26N2O6. The van der Waals surface area contributed by atoms with Crippen LogP contribution in [-0.2, 0) is 35.0 Å². The molecule has 1 unspecified atom stereocenters. The second-order valence-corrected chi connectivity index (χ2v) is 6.19. The van der Waals surface area contributed by atoms with E-state index in [4.69, 9.17) is 14.2 Å². The molecule has 1 aromatic carbocycles. The Labute approximate surface area is 158 Å². The van der Waals surface area contributed by atoms with Crippen molar-refractivity contribution in [2.24, 2.45) is 0 Å². The highest BCUT2D eigenvalue weighted by atomic mass is 16.6. The van der Waals surface area contributed by atoms with E-state index in [1.165, 1.54) is 7.11 Å². The Hall–Kier alpha value is -2.45. The molecular weight excluding hydrogens is 352 g/mol. The Balaban J connectivity index is 2.13. The van der Waals surface area contributed by atoms with E-state index in [-0.39, 0.29) is 19.6 Å². The maximum atomic E-state index is 12.7. The lowest BCUT2D eigenvalue weighted by molar-refractivity contribution is -0.154. The van der Waals surface area contributed by atoms with E-state index in [2.05, 4.69) is 10.6 Å². The van der Waals surface area contributed by atoms with Crippen LogP contribution in [-0.4, -0.2) is 56.0 Å². The summed E-state index contributed by atoms with van der Waals surface area (Å²) in [5.41, 5.74) is -0.790. The molecule has 0 aliphatic carbocycles. The second-order valence-electron chi connectivity index (χ2n) is 6.19. The third-order valence-electron chi connectivity index (χ3n) is 4.27. The summed E-state index contributed by atoms with van der Waals surface area (Å²) in [6.07, 6.45) is 0.366. The van der Waals surface area contributed by atoms with Gasteiger partial charge in [-0.2, -0.15) is 0 Å². The lowest BCUT2D eigenvalue weighted by Gasteiger charge is -2.23. The number of carbonyl (C=O) groups excluding carboxylic acids is 3. The number of nitrogens with one attached hydrogen (secondary N) is 2. The van der Waals surface area contributed by atoms with Crippen molar-refractivity contribution in [1.29, 1.82) is 0 Å². The van der Waals surface area contributed by atoms with Gasteiger partial charge in [-0.1, -0.05) is 37.3 Å². The van der Waals surface area contributed by atoms with Crippen LogP contribution in [0.15, 0.2) is 30.3 Å². The highest BCUT2D eigenvalue weighted by Gasteiger charge is 2.61. The number of ether oxygens (including phenoxy) is 3. The van der Waals surface area contributed by atoms with Crippen molar-refractivity contribution in [1.82, 2.24) is 10.6 Å². The minimum absolute atomic E-state index is 0.0625. The molecule has 27 heavy (non-hydrogen) atoms. The zero-order chi connectivity index (χ0) is 19.9. The molecule has 0 saturated carbocycles. The fourth-order valence-electron chi connectivity index (χ4n) is 2.58. The van der Waals surface area contributed by atoms with Crippen LogP contribution < -0.4 is 10.6 Å². The molecule has 3 atom stereocenters. The maximum absolute atomic E-state index is 12.7. The van der Waals surface area contributed by atoms with Gasteiger partial charge in [0.05, 0.1) is 13.2 Å². The summed E-state index contributed by atoms with van der Waals surface area (Å²) < 4.78 is 15.2. The summed E-state index contributed by atoms with van der Waals surface area (Å²) in [4.78, 5) is 37.3. The van der Waals surface area contributed by atoms with E-state index in [0.29, 0.717) is 6.42 Å². The number of esters is 1. The van der Waals surface area contributed by atoms with Crippen LogP contribution in [0.25, 0.3) is 0 Å². The monoisotopic (exact) mass is 378 g/mol. The van der Waals surface area contributed by atoms with Crippen LogP contribution >= 0.6 is 0 Å². The summed E-state index contributed by atoms with van der Waals surface area (Å²) in [6.45, 7) is 3.59. The summed E-state index contributed by atoms with van der Waals surface area (Å²) in [7, 11) is 1.49. The summed E-state index contributed by atoms with van der Waals surface area (Å²) >= 11 is 0. The van der Waals surface area contributed by atoms with Crippen LogP contribution in [0.4, 0.5) is 0 Å². The molecule has 1 aliphatic heterocycles. The Morgan fingerprint density at radius 2 is 1.85 bits per heavy atom. The quantitative estimate of drug-likeness (QED) is 0.266. The molecule has 8 heteroatoms. The van der Waals surface area contributed by atoms with Gasteiger partial charge in [-0.05, 0) is 18.9 Å². The van der Waals surface area contributed by atoms with Gasteiger partial charge < -0.3 is 24.8 Å². The van der Waals surface area contributed by atoms with Gasteiger partial charge in [-0.15, -0.1) is 0 Å². The van der Waals surface area contributed by atoms with Crippen LogP contribution in [0.2, 0.25) is 0 Å². The zero-order valence-corrected chi connectivity index (χ0v) is 15.8. The van der Waals surface area contributed by atoms with E-state index in [9.17, 15) is 14.4 Å². The summed E-state index contributed by atoms with van der Waals surface area (Å²) in [6, 6.07) is 8.38. The molecule has 0 aromatic heterocycles. The molecule has 2 amide bonds. The van der Waals surface area contributed by atoms with Gasteiger partial charge in [0.1, 0.15) is 12.3 Å². The maximum Gasteiger partial charge on any atom is 0.350 e. The number of methoxy groups -OCH3 is 1. The van der Waals surface area contributed by atoms with Gasteiger partial charge >= 0.3 is 5.97 Å². The van der Waals surface area contributed by atoms with Crippen molar-refractivity contribution >= 4 is 17.8 Å². The minimum atomic E-state index is -1.66. The predicted molar refractivity (Wildman–Crippen MR) is 96.6 cm³/mol. The molecule has 0 spiro atoms. The van der Waals surface area contributed by atoms with Crippen LogP contribution in [0.1, 0.15) is 25.8 Å². The van der Waals surface area contributed by atoms with Crippen molar-refractivity contribution in [3.63, 3.8) is 0 Å². The average molecular weight is 378 g/mol. The number of benzene rings is 1. The first-order valence-electron chi connectivity index (χ1n) is 8.96. The number of hydrogen-bond acceptors (Lipinski definition) is 6. The normalized spacial score (nSPS) is 20.3. The van der Waals surface area contributed by atoms with E-state index in [1.54, 1.807) is 6.92 Å². The Kier molecular flexibility index (Phi) is 7.32. The number of carbonyl (C=O) groups is 3. The number of epoxide rings is 1. The minimum Gasteiger partial charge on any atom is -0.463 e. The number of amides is 2. The topological polar surface area (TPSA) is 106 Å². The molecule has 1 aromatic rings. The number of hydrogen-bond donors (Lipinski definition) is 2. The predicted octanol–water partition coefficient (Wildman–Crippen LogP) is 0.545. The molecule has 1 fully saturated rings. The average Bonchev–Trinajstić information content (AvgIpc) is 3.48. The third-order valence-corrected chi connectivity index (χ3v) is 4.27. The molecule has 2 N–H and O–H groups in total. The SMILES string of the molecule is CCOC(=O)[C@@]1(C(=O)N[C@@H](Cc2ccccc2)C(=O)NC(CC)OC)CO1. The molecule has 8 nitrogen and oxygen atoms in total. The van der Waals surface area contributed by atoms with E-state index < -0.39 is 35.7 Å². The third kappa shape index (κ3) is 5.27. The largest absolute Gasteiger partial charge is 0.463 e. The molecule has 148 valence electrons. The van der Waals surface area contributed by atoms with Gasteiger partial charge in [0.2, 0.25) is 5.91 Å². The number of rotatable bonds is 10. The summed E-state index contributed by atoms with van der Waals surface area (Å²) in [5, 5.41) is 5.36. The van der Waals surface area contributed by atoms with E-state index >= 15 is 0 Å². The van der Waals surface area contributed by atoms with Gasteiger partial charge in [0, 0.05) is 13.5 Å². The second kappa shape index (κ2) is 9.48. The molecule has 1 heterocycles. The van der Waals surface area contributed by atoms with Crippen LogP contribution in [0.3, 0.4) is 0 Å².